The Morgan fingerprint density at radius 2 is 1.79 bits per heavy atom. The number of allylic oxidation sites excluding steroid dienone is 1. The van der Waals surface area contributed by atoms with E-state index in [1.54, 1.807) is 24.5 Å². The third-order valence-corrected chi connectivity index (χ3v) is 8.87. The van der Waals surface area contributed by atoms with Crippen LogP contribution in [0.4, 0.5) is 11.5 Å². The summed E-state index contributed by atoms with van der Waals surface area (Å²) < 4.78 is 0. The van der Waals surface area contributed by atoms with Gasteiger partial charge in [-0.25, -0.2) is 4.98 Å². The van der Waals surface area contributed by atoms with Crippen LogP contribution >= 0.6 is 23.2 Å². The molecule has 47 heavy (non-hydrogen) atoms. The predicted octanol–water partition coefficient (Wildman–Crippen LogP) is 8.15. The fourth-order valence-corrected chi connectivity index (χ4v) is 6.31. The number of aromatic nitrogens is 2. The lowest BCUT2D eigenvalue weighted by Gasteiger charge is -2.33. The van der Waals surface area contributed by atoms with E-state index in [4.69, 9.17) is 23.2 Å². The van der Waals surface area contributed by atoms with Crippen molar-refractivity contribution in [3.63, 3.8) is 0 Å². The minimum Gasteiger partial charge on any atom is -0.353 e. The molecule has 3 heterocycles. The van der Waals surface area contributed by atoms with Crippen LogP contribution in [0.5, 0.6) is 0 Å². The maximum absolute atomic E-state index is 14.5. The second kappa shape index (κ2) is 13.7. The van der Waals surface area contributed by atoms with E-state index in [9.17, 15) is 9.59 Å². The Balaban J connectivity index is 1.53. The minimum atomic E-state index is -0.371. The highest BCUT2D eigenvalue weighted by atomic mass is 35.5. The summed E-state index contributed by atoms with van der Waals surface area (Å²) in [5.74, 6) is 0.0562. The Bertz CT molecular complexity index is 1990. The molecule has 0 spiro atoms. The largest absolute Gasteiger partial charge is 0.353 e. The monoisotopic (exact) mass is 664 g/mol. The van der Waals surface area contributed by atoms with Gasteiger partial charge in [-0.2, -0.15) is 0 Å². The molecule has 1 saturated heterocycles. The number of hydrogen-bond donors (Lipinski definition) is 3. The molecule has 3 aromatic carbocycles. The molecule has 2 amide bonds. The molecule has 5 aromatic rings. The maximum Gasteiger partial charge on any atom is 0.272 e. The summed E-state index contributed by atoms with van der Waals surface area (Å²) in [5, 5.41) is 7.93. The first-order valence-electron chi connectivity index (χ1n) is 15.3. The molecule has 8 nitrogen and oxygen atoms in total. The van der Waals surface area contributed by atoms with E-state index >= 15 is 0 Å². The number of aromatic amines is 1. The van der Waals surface area contributed by atoms with Crippen LogP contribution in [-0.2, 0) is 4.79 Å². The Labute approximate surface area is 283 Å². The second-order valence-electron chi connectivity index (χ2n) is 11.3. The molecule has 1 aliphatic heterocycles. The van der Waals surface area contributed by atoms with Gasteiger partial charge in [-0.3, -0.25) is 9.59 Å². The molecule has 0 saturated carbocycles. The first-order valence-corrected chi connectivity index (χ1v) is 16.0. The zero-order valence-electron chi connectivity index (χ0n) is 26.1. The van der Waals surface area contributed by atoms with Crippen molar-refractivity contribution in [2.45, 2.75) is 19.9 Å². The SMILES string of the molecule is C=CN(/C(=C(\C)c1ccccc1)c1c(C(=O)Nc2cccnc2N2CCNC(=O)C2)[nH]c2cc(Cl)ccc12)C(C)c1ccc(Cl)cc1. The fraction of sp³-hybridized carbons (Fsp3) is 0.162. The molecule has 6 rings (SSSR count). The summed E-state index contributed by atoms with van der Waals surface area (Å²) in [7, 11) is 0. The average molecular weight is 666 g/mol. The molecule has 1 unspecified atom stereocenters. The summed E-state index contributed by atoms with van der Waals surface area (Å²) in [4.78, 5) is 38.5. The zero-order valence-corrected chi connectivity index (χ0v) is 27.6. The number of halogens is 2. The van der Waals surface area contributed by atoms with Crippen LogP contribution in [0.3, 0.4) is 0 Å². The first kappa shape index (κ1) is 31.9. The smallest absolute Gasteiger partial charge is 0.272 e. The lowest BCUT2D eigenvalue weighted by molar-refractivity contribution is -0.120. The van der Waals surface area contributed by atoms with Crippen molar-refractivity contribution >= 4 is 68.7 Å². The van der Waals surface area contributed by atoms with E-state index in [1.807, 2.05) is 84.6 Å². The molecule has 0 bridgehead atoms. The summed E-state index contributed by atoms with van der Waals surface area (Å²) >= 11 is 12.7. The van der Waals surface area contributed by atoms with Crippen molar-refractivity contribution in [2.75, 3.05) is 29.9 Å². The molecule has 10 heteroatoms. The van der Waals surface area contributed by atoms with Gasteiger partial charge in [0.2, 0.25) is 5.91 Å². The number of rotatable bonds is 9. The standard InChI is InChI=1S/C37H34Cl2N6O2/c1-4-45(24(3)26-12-14-27(38)15-13-26)35(23(2)25-9-6-5-7-10-25)33-29-17-16-28(39)21-31(29)42-34(33)37(47)43-30-11-8-18-41-36(30)44-20-19-40-32(46)22-44/h4-18,21,24,42H,1,19-20,22H2,2-3H3,(H,40,46)(H,43,47)/b35-23+. The minimum absolute atomic E-state index is 0.0977. The van der Waals surface area contributed by atoms with Crippen LogP contribution in [0.1, 0.15) is 47.1 Å². The van der Waals surface area contributed by atoms with Gasteiger partial charge in [0.05, 0.1) is 24.0 Å². The number of H-pyrrole nitrogens is 1. The number of anilines is 2. The van der Waals surface area contributed by atoms with E-state index < -0.39 is 0 Å². The summed E-state index contributed by atoms with van der Waals surface area (Å²) in [6.45, 7) is 9.57. The average Bonchev–Trinajstić information content (AvgIpc) is 3.45. The van der Waals surface area contributed by atoms with Crippen LogP contribution in [-0.4, -0.2) is 46.3 Å². The van der Waals surface area contributed by atoms with E-state index in [0.717, 1.165) is 27.8 Å². The van der Waals surface area contributed by atoms with Crippen LogP contribution in [0.15, 0.2) is 104 Å². The molecular weight excluding hydrogens is 631 g/mol. The van der Waals surface area contributed by atoms with Gasteiger partial charge in [0.15, 0.2) is 5.82 Å². The van der Waals surface area contributed by atoms with Crippen LogP contribution in [0.25, 0.3) is 22.2 Å². The molecule has 3 N–H and O–H groups in total. The van der Waals surface area contributed by atoms with E-state index in [1.165, 1.54) is 0 Å². The molecule has 238 valence electrons. The summed E-state index contributed by atoms with van der Waals surface area (Å²) in [6.07, 6.45) is 3.44. The normalized spacial score (nSPS) is 14.3. The van der Waals surface area contributed by atoms with Gasteiger partial charge in [0.25, 0.3) is 5.91 Å². The van der Waals surface area contributed by atoms with Crippen LogP contribution < -0.4 is 15.5 Å². The first-order chi connectivity index (χ1) is 22.7. The van der Waals surface area contributed by atoms with Gasteiger partial charge in [0.1, 0.15) is 5.69 Å². The lowest BCUT2D eigenvalue weighted by Crippen LogP contribution is -2.48. The number of pyridine rings is 1. The van der Waals surface area contributed by atoms with Gasteiger partial charge >= 0.3 is 0 Å². The van der Waals surface area contributed by atoms with Crippen molar-refractivity contribution in [3.8, 4) is 0 Å². The number of carbonyl (C=O) groups excluding carboxylic acids is 2. The van der Waals surface area contributed by atoms with Gasteiger partial charge in [0, 0.05) is 45.8 Å². The van der Waals surface area contributed by atoms with Crippen molar-refractivity contribution in [2.24, 2.45) is 0 Å². The highest BCUT2D eigenvalue weighted by Crippen LogP contribution is 2.41. The number of carbonyl (C=O) groups is 2. The van der Waals surface area contributed by atoms with E-state index in [-0.39, 0.29) is 24.4 Å². The number of piperazine rings is 1. The molecule has 1 atom stereocenters. The molecule has 2 aromatic heterocycles. The highest BCUT2D eigenvalue weighted by Gasteiger charge is 2.29. The molecular formula is C37H34Cl2N6O2. The quantitative estimate of drug-likeness (QED) is 0.148. The number of hydrogen-bond acceptors (Lipinski definition) is 5. The number of benzene rings is 3. The van der Waals surface area contributed by atoms with E-state index in [2.05, 4.69) is 39.0 Å². The summed E-state index contributed by atoms with van der Waals surface area (Å²) in [6, 6.07) is 26.7. The van der Waals surface area contributed by atoms with Gasteiger partial charge in [-0.05, 0) is 73.1 Å². The number of nitrogens with zero attached hydrogens (tertiary/aromatic N) is 3. The topological polar surface area (TPSA) is 93.4 Å². The number of amides is 2. The van der Waals surface area contributed by atoms with Crippen LogP contribution in [0, 0.1) is 0 Å². The third-order valence-electron chi connectivity index (χ3n) is 8.38. The molecule has 1 fully saturated rings. The van der Waals surface area contributed by atoms with Crippen molar-refractivity contribution in [1.82, 2.24) is 20.2 Å². The van der Waals surface area contributed by atoms with Gasteiger partial charge < -0.3 is 25.4 Å². The van der Waals surface area contributed by atoms with Crippen molar-refractivity contribution in [1.29, 1.82) is 0 Å². The fourth-order valence-electron chi connectivity index (χ4n) is 6.02. The van der Waals surface area contributed by atoms with Crippen LogP contribution in [0.2, 0.25) is 10.0 Å². The predicted molar refractivity (Wildman–Crippen MR) is 192 cm³/mol. The zero-order chi connectivity index (χ0) is 33.1. The Kier molecular flexibility index (Phi) is 9.33. The number of nitrogens with one attached hydrogen (secondary N) is 3. The summed E-state index contributed by atoms with van der Waals surface area (Å²) in [5.41, 5.74) is 5.99. The molecule has 1 aliphatic rings. The maximum atomic E-state index is 14.5. The van der Waals surface area contributed by atoms with E-state index in [0.29, 0.717) is 51.4 Å². The second-order valence-corrected chi connectivity index (χ2v) is 12.2. The Morgan fingerprint density at radius 1 is 1.04 bits per heavy atom. The Hall–Kier alpha value is -5.05. The molecule has 0 radical (unpaired) electrons. The van der Waals surface area contributed by atoms with Crippen molar-refractivity contribution in [3.05, 3.63) is 136 Å². The highest BCUT2D eigenvalue weighted by molar-refractivity contribution is 6.31. The van der Waals surface area contributed by atoms with Gasteiger partial charge in [-0.1, -0.05) is 78.3 Å². The number of fused-ring (bicyclic) bond motifs is 1. The van der Waals surface area contributed by atoms with Gasteiger partial charge in [-0.15, -0.1) is 0 Å². The lowest BCUT2D eigenvalue weighted by atomic mass is 9.95. The Morgan fingerprint density at radius 3 is 2.51 bits per heavy atom. The van der Waals surface area contributed by atoms with Crippen molar-refractivity contribution < 1.29 is 9.59 Å². The molecule has 0 aliphatic carbocycles. The third kappa shape index (κ3) is 6.61.